The fraction of sp³-hybridized carbons (Fsp3) is 0.190. The van der Waals surface area contributed by atoms with Crippen LogP contribution >= 0.6 is 11.6 Å². The lowest BCUT2D eigenvalue weighted by Gasteiger charge is -2.40. The van der Waals surface area contributed by atoms with E-state index in [9.17, 15) is 13.2 Å². The molecular weight excluding hydrogens is 461 g/mol. The zero-order chi connectivity index (χ0) is 23.1. The summed E-state index contributed by atoms with van der Waals surface area (Å²) < 4.78 is 54.3. The number of rotatable bonds is 4. The third-order valence-corrected chi connectivity index (χ3v) is 5.36. The number of methoxy groups -OCH3 is 1. The molecule has 0 saturated carbocycles. The van der Waals surface area contributed by atoms with Crippen LogP contribution in [0.4, 0.5) is 24.5 Å². The van der Waals surface area contributed by atoms with Gasteiger partial charge in [0.15, 0.2) is 40.6 Å². The Morgan fingerprint density at radius 3 is 2.55 bits per heavy atom. The molecule has 0 saturated heterocycles. The smallest absolute Gasteiger partial charge is 0.194 e. The largest absolute Gasteiger partial charge is 0.493 e. The topological polar surface area (TPSA) is 68.0 Å². The highest BCUT2D eigenvalue weighted by atomic mass is 35.5. The van der Waals surface area contributed by atoms with Gasteiger partial charge in [0.25, 0.3) is 0 Å². The molecule has 0 N–H and O–H groups in total. The number of hydrogen-bond donors (Lipinski definition) is 0. The summed E-state index contributed by atoms with van der Waals surface area (Å²) >= 11 is 5.91. The Bertz CT molecular complexity index is 1270. The predicted molar refractivity (Wildman–Crippen MR) is 115 cm³/mol. The van der Waals surface area contributed by atoms with Gasteiger partial charge in [-0.2, -0.15) is 0 Å². The molecule has 0 unspecified atom stereocenters. The number of imidazole rings is 1. The molecule has 0 fully saturated rings. The van der Waals surface area contributed by atoms with Crippen molar-refractivity contribution in [1.82, 2.24) is 14.5 Å². The highest BCUT2D eigenvalue weighted by Crippen LogP contribution is 2.35. The van der Waals surface area contributed by atoms with E-state index in [1.54, 1.807) is 39.0 Å². The van der Waals surface area contributed by atoms with Crippen molar-refractivity contribution in [1.29, 1.82) is 0 Å². The van der Waals surface area contributed by atoms with E-state index in [-0.39, 0.29) is 25.5 Å². The number of pyridine rings is 1. The molecule has 12 heteroatoms. The highest BCUT2D eigenvalue weighted by molar-refractivity contribution is 6.29. The number of allylic oxidation sites excluding steroid dienone is 1. The van der Waals surface area contributed by atoms with Gasteiger partial charge in [-0.1, -0.05) is 11.6 Å². The van der Waals surface area contributed by atoms with Gasteiger partial charge in [0.1, 0.15) is 24.8 Å². The zero-order valence-corrected chi connectivity index (χ0v) is 17.9. The number of nitrogens with zero attached hydrogens (tertiary/aromatic N) is 6. The van der Waals surface area contributed by atoms with E-state index in [2.05, 4.69) is 15.0 Å². The van der Waals surface area contributed by atoms with Gasteiger partial charge in [-0.3, -0.25) is 9.56 Å². The molecular formula is C21H16ClF3N6O2. The average Bonchev–Trinajstić information content (AvgIpc) is 3.27. The first-order valence-corrected chi connectivity index (χ1v) is 10.1. The van der Waals surface area contributed by atoms with E-state index in [0.29, 0.717) is 34.0 Å². The quantitative estimate of drug-likeness (QED) is 0.532. The Labute approximate surface area is 191 Å². The van der Waals surface area contributed by atoms with Crippen molar-refractivity contribution in [2.75, 3.05) is 36.7 Å². The van der Waals surface area contributed by atoms with Crippen LogP contribution in [0.25, 0.3) is 5.82 Å². The fourth-order valence-electron chi connectivity index (χ4n) is 3.68. The molecule has 33 heavy (non-hydrogen) atoms. The summed E-state index contributed by atoms with van der Waals surface area (Å²) in [7, 11) is 1.50. The van der Waals surface area contributed by atoms with E-state index < -0.39 is 17.5 Å². The summed E-state index contributed by atoms with van der Waals surface area (Å²) in [4.78, 5) is 16.2. The summed E-state index contributed by atoms with van der Waals surface area (Å²) in [5.74, 6) is -2.28. The predicted octanol–water partition coefficient (Wildman–Crippen LogP) is 3.90. The van der Waals surface area contributed by atoms with Crippen LogP contribution in [0, 0.1) is 17.5 Å². The Morgan fingerprint density at radius 1 is 1.06 bits per heavy atom. The molecule has 8 nitrogen and oxygen atoms in total. The van der Waals surface area contributed by atoms with Crippen LogP contribution in [0.5, 0.6) is 5.75 Å². The van der Waals surface area contributed by atoms with Crippen molar-refractivity contribution in [2.45, 2.75) is 0 Å². The molecule has 0 amide bonds. The molecule has 0 aliphatic carbocycles. The van der Waals surface area contributed by atoms with Gasteiger partial charge in [-0.25, -0.2) is 23.1 Å². The second kappa shape index (κ2) is 8.32. The first kappa shape index (κ1) is 21.1. The molecule has 1 aromatic carbocycles. The summed E-state index contributed by atoms with van der Waals surface area (Å²) in [5, 5.41) is 0.303. The Hall–Kier alpha value is -3.73. The number of ether oxygens (including phenoxy) is 2. The van der Waals surface area contributed by atoms with E-state index >= 15 is 0 Å². The minimum Gasteiger partial charge on any atom is -0.493 e. The number of halogens is 4. The number of anilines is 2. The zero-order valence-electron chi connectivity index (χ0n) is 17.2. The lowest BCUT2D eigenvalue weighted by Crippen LogP contribution is -2.44. The molecule has 0 spiro atoms. The molecule has 0 radical (unpaired) electrons. The fourth-order valence-corrected chi connectivity index (χ4v) is 3.83. The second-order valence-electron chi connectivity index (χ2n) is 7.12. The molecule has 2 aromatic heterocycles. The maximum atomic E-state index is 14.0. The van der Waals surface area contributed by atoms with Crippen molar-refractivity contribution in [3.63, 3.8) is 0 Å². The second-order valence-corrected chi connectivity index (χ2v) is 7.50. The molecule has 0 atom stereocenters. The van der Waals surface area contributed by atoms with Gasteiger partial charge in [0, 0.05) is 30.1 Å². The number of aromatic nitrogens is 3. The first-order valence-electron chi connectivity index (χ1n) is 9.76. The van der Waals surface area contributed by atoms with E-state index in [1.165, 1.54) is 13.4 Å². The van der Waals surface area contributed by atoms with Crippen LogP contribution < -0.4 is 14.5 Å². The van der Waals surface area contributed by atoms with Crippen LogP contribution in [-0.2, 0) is 4.74 Å². The SMILES string of the molecule is COc1cc(N2CN=CC3=C2N(c2cc(F)c(F)c(F)c2)CCO3)cnc1-n1cnc(Cl)c1. The Morgan fingerprint density at radius 2 is 1.85 bits per heavy atom. The third kappa shape index (κ3) is 3.74. The molecule has 0 bridgehead atoms. The lowest BCUT2D eigenvalue weighted by atomic mass is 10.2. The van der Waals surface area contributed by atoms with Gasteiger partial charge in [0.2, 0.25) is 0 Å². The minimum atomic E-state index is -1.52. The highest BCUT2D eigenvalue weighted by Gasteiger charge is 2.31. The monoisotopic (exact) mass is 476 g/mol. The molecule has 3 aromatic rings. The van der Waals surface area contributed by atoms with Crippen molar-refractivity contribution in [3.05, 3.63) is 71.1 Å². The molecule has 2 aliphatic heterocycles. The number of hydrogen-bond acceptors (Lipinski definition) is 7. The lowest BCUT2D eigenvalue weighted by molar-refractivity contribution is 0.219. The van der Waals surface area contributed by atoms with Crippen LogP contribution in [0.3, 0.4) is 0 Å². The molecule has 2 aliphatic rings. The van der Waals surface area contributed by atoms with Crippen molar-refractivity contribution >= 4 is 29.2 Å². The van der Waals surface area contributed by atoms with Crippen molar-refractivity contribution < 1.29 is 22.6 Å². The van der Waals surface area contributed by atoms with Crippen LogP contribution in [0.2, 0.25) is 5.15 Å². The summed E-state index contributed by atoms with van der Waals surface area (Å²) in [6.07, 6.45) is 6.23. The standard InChI is InChI=1S/C21H16ClF3N6O2/c1-32-16-6-13(7-27-20(16)29-9-18(22)28-11-29)31-10-26-8-17-21(31)30(2-3-33-17)12-4-14(23)19(25)15(24)5-12/h4-9,11H,2-3,10H2,1H3. The number of aliphatic imine (C=N–C) groups is 1. The molecule has 5 rings (SSSR count). The van der Waals surface area contributed by atoms with Crippen LogP contribution in [0.15, 0.2) is 53.5 Å². The van der Waals surface area contributed by atoms with Gasteiger partial charge >= 0.3 is 0 Å². The van der Waals surface area contributed by atoms with Gasteiger partial charge < -0.3 is 19.3 Å². The first-order chi connectivity index (χ1) is 16.0. The molecule has 170 valence electrons. The van der Waals surface area contributed by atoms with Crippen molar-refractivity contribution in [3.8, 4) is 11.6 Å². The van der Waals surface area contributed by atoms with Gasteiger partial charge in [-0.15, -0.1) is 0 Å². The minimum absolute atomic E-state index is 0.145. The Balaban J connectivity index is 1.57. The van der Waals surface area contributed by atoms with E-state index in [1.807, 2.05) is 0 Å². The average molecular weight is 477 g/mol. The van der Waals surface area contributed by atoms with Gasteiger partial charge in [0.05, 0.1) is 31.8 Å². The van der Waals surface area contributed by atoms with Crippen molar-refractivity contribution in [2.24, 2.45) is 4.99 Å². The van der Waals surface area contributed by atoms with Crippen LogP contribution in [0.1, 0.15) is 0 Å². The van der Waals surface area contributed by atoms with Gasteiger partial charge in [-0.05, 0) is 0 Å². The molecule has 4 heterocycles. The summed E-state index contributed by atoms with van der Waals surface area (Å²) in [6, 6.07) is 3.63. The normalized spacial score (nSPS) is 15.5. The van der Waals surface area contributed by atoms with Crippen LogP contribution in [-0.4, -0.2) is 47.7 Å². The maximum absolute atomic E-state index is 14.0. The number of benzene rings is 1. The Kier molecular flexibility index (Phi) is 5.33. The van der Waals surface area contributed by atoms with E-state index in [4.69, 9.17) is 21.1 Å². The summed E-state index contributed by atoms with van der Waals surface area (Å²) in [5.41, 5.74) is 0.733. The third-order valence-electron chi connectivity index (χ3n) is 5.16. The maximum Gasteiger partial charge on any atom is 0.194 e. The summed E-state index contributed by atoms with van der Waals surface area (Å²) in [6.45, 7) is 0.719. The van der Waals surface area contributed by atoms with E-state index in [0.717, 1.165) is 12.1 Å².